The third-order valence-corrected chi connectivity index (χ3v) is 5.52. The van der Waals surface area contributed by atoms with Crippen molar-refractivity contribution in [3.63, 3.8) is 0 Å². The van der Waals surface area contributed by atoms with Crippen LogP contribution < -0.4 is 5.32 Å². The van der Waals surface area contributed by atoms with Crippen LogP contribution in [0.3, 0.4) is 0 Å². The molecule has 3 rings (SSSR count). The molecule has 1 N–H and O–H groups in total. The van der Waals surface area contributed by atoms with Crippen LogP contribution in [0.4, 0.5) is 17.1 Å². The van der Waals surface area contributed by atoms with E-state index in [-0.39, 0.29) is 0 Å². The van der Waals surface area contributed by atoms with Crippen LogP contribution >= 0.6 is 0 Å². The summed E-state index contributed by atoms with van der Waals surface area (Å²) in [5.74, 6) is 0. The maximum atomic E-state index is 4.94. The van der Waals surface area contributed by atoms with Gasteiger partial charge in [0, 0.05) is 23.2 Å². The van der Waals surface area contributed by atoms with Gasteiger partial charge in [0.15, 0.2) is 0 Å². The lowest BCUT2D eigenvalue weighted by atomic mass is 10.0. The second-order valence-corrected chi connectivity index (χ2v) is 7.26. The van der Waals surface area contributed by atoms with Crippen LogP contribution in [0.25, 0.3) is 0 Å². The van der Waals surface area contributed by atoms with Crippen molar-refractivity contribution in [2.75, 3.05) is 5.32 Å². The van der Waals surface area contributed by atoms with Gasteiger partial charge in [-0.3, -0.25) is 4.99 Å². The Morgan fingerprint density at radius 3 is 1.72 bits per heavy atom. The number of aryl methyl sites for hydroxylation is 4. The zero-order chi connectivity index (χ0) is 20.6. The van der Waals surface area contributed by atoms with E-state index in [1.54, 1.807) is 0 Å². The topological polar surface area (TPSA) is 24.4 Å². The Bertz CT molecular complexity index is 941. The van der Waals surface area contributed by atoms with Gasteiger partial charge >= 0.3 is 0 Å². The maximum absolute atomic E-state index is 4.94. The monoisotopic (exact) mass is 384 g/mol. The summed E-state index contributed by atoms with van der Waals surface area (Å²) in [6, 6.07) is 21.5. The summed E-state index contributed by atoms with van der Waals surface area (Å²) in [6.07, 6.45) is 6.01. The number of hydrogen-bond donors (Lipinski definition) is 1. The molecule has 0 aliphatic rings. The van der Waals surface area contributed by atoms with Gasteiger partial charge in [0.25, 0.3) is 0 Å². The first-order chi connectivity index (χ1) is 14.2. The summed E-state index contributed by atoms with van der Waals surface area (Å²) in [5, 5.41) is 3.71. The van der Waals surface area contributed by atoms with Crippen molar-refractivity contribution in [3.8, 4) is 0 Å². The Labute approximate surface area is 175 Å². The zero-order valence-corrected chi connectivity index (χ0v) is 18.1. The predicted molar refractivity (Wildman–Crippen MR) is 127 cm³/mol. The zero-order valence-electron chi connectivity index (χ0n) is 18.1. The first-order valence-electron chi connectivity index (χ1n) is 10.8. The Kier molecular flexibility index (Phi) is 7.24. The van der Waals surface area contributed by atoms with Gasteiger partial charge < -0.3 is 5.32 Å². The molecule has 0 aliphatic heterocycles. The molecule has 0 radical (unpaired) electrons. The lowest BCUT2D eigenvalue weighted by molar-refractivity contribution is 1.08. The standard InChI is InChI=1S/C27H32N2/c1-5-20-14-11-15-21(6-2)26(20)28-19-24-13-9-10-18-25(24)29-27-22(7-3)16-12-17-23(27)8-4/h9-19,29H,5-8H2,1-4H3. The van der Waals surface area contributed by atoms with E-state index in [0.29, 0.717) is 0 Å². The smallest absolute Gasteiger partial charge is 0.0693 e. The van der Waals surface area contributed by atoms with Crippen molar-refractivity contribution in [1.29, 1.82) is 0 Å². The Morgan fingerprint density at radius 1 is 0.655 bits per heavy atom. The molecule has 29 heavy (non-hydrogen) atoms. The van der Waals surface area contributed by atoms with Crippen LogP contribution in [0.5, 0.6) is 0 Å². The Balaban J connectivity index is 1.99. The van der Waals surface area contributed by atoms with Crippen LogP contribution in [0.1, 0.15) is 55.5 Å². The summed E-state index contributed by atoms with van der Waals surface area (Å²) in [5.41, 5.74) is 9.86. The first-order valence-corrected chi connectivity index (χ1v) is 10.8. The molecule has 0 unspecified atom stereocenters. The predicted octanol–water partition coefficient (Wildman–Crippen LogP) is 7.43. The van der Waals surface area contributed by atoms with Gasteiger partial charge in [0.2, 0.25) is 0 Å². The van der Waals surface area contributed by atoms with E-state index in [1.807, 2.05) is 6.21 Å². The van der Waals surface area contributed by atoms with E-state index in [1.165, 1.54) is 27.9 Å². The number of benzene rings is 3. The highest BCUT2D eigenvalue weighted by molar-refractivity contribution is 5.91. The molecule has 2 nitrogen and oxygen atoms in total. The number of para-hydroxylation sites is 3. The van der Waals surface area contributed by atoms with Gasteiger partial charge in [-0.2, -0.15) is 0 Å². The third kappa shape index (κ3) is 4.76. The molecule has 0 aromatic heterocycles. The molecule has 0 aliphatic carbocycles. The molecule has 150 valence electrons. The third-order valence-electron chi connectivity index (χ3n) is 5.52. The summed E-state index contributed by atoms with van der Waals surface area (Å²) >= 11 is 0. The SMILES string of the molecule is CCc1cccc(CC)c1N=Cc1ccccc1Nc1c(CC)cccc1CC. The van der Waals surface area contributed by atoms with Gasteiger partial charge in [-0.1, -0.05) is 82.3 Å². The van der Waals surface area contributed by atoms with E-state index < -0.39 is 0 Å². The summed E-state index contributed by atoms with van der Waals surface area (Å²) in [7, 11) is 0. The van der Waals surface area contributed by atoms with Crippen molar-refractivity contribution in [2.45, 2.75) is 53.4 Å². The number of rotatable bonds is 8. The fourth-order valence-electron chi connectivity index (χ4n) is 3.78. The minimum absolute atomic E-state index is 0.990. The largest absolute Gasteiger partial charge is 0.355 e. The molecule has 0 heterocycles. The van der Waals surface area contributed by atoms with Crippen LogP contribution in [-0.2, 0) is 25.7 Å². The highest BCUT2D eigenvalue weighted by atomic mass is 14.9. The molecular weight excluding hydrogens is 352 g/mol. The second kappa shape index (κ2) is 10.1. The van der Waals surface area contributed by atoms with Crippen LogP contribution in [-0.4, -0.2) is 6.21 Å². The van der Waals surface area contributed by atoms with Crippen molar-refractivity contribution < 1.29 is 0 Å². The summed E-state index contributed by atoms with van der Waals surface area (Å²) in [4.78, 5) is 4.94. The highest BCUT2D eigenvalue weighted by Crippen LogP contribution is 2.29. The molecule has 0 bridgehead atoms. The summed E-state index contributed by atoms with van der Waals surface area (Å²) in [6.45, 7) is 8.80. The number of nitrogens with zero attached hydrogens (tertiary/aromatic N) is 1. The number of aliphatic imine (C=N–C) groups is 1. The van der Waals surface area contributed by atoms with E-state index in [0.717, 1.165) is 42.6 Å². The number of nitrogens with one attached hydrogen (secondary N) is 1. The molecule has 2 heteroatoms. The molecule has 3 aromatic carbocycles. The molecular formula is C27H32N2. The van der Waals surface area contributed by atoms with Gasteiger partial charge in [-0.05, 0) is 54.0 Å². The van der Waals surface area contributed by atoms with Crippen molar-refractivity contribution in [3.05, 3.63) is 88.5 Å². The van der Waals surface area contributed by atoms with Gasteiger partial charge in [0.1, 0.15) is 0 Å². The summed E-state index contributed by atoms with van der Waals surface area (Å²) < 4.78 is 0. The Hall–Kier alpha value is -2.87. The van der Waals surface area contributed by atoms with E-state index in [9.17, 15) is 0 Å². The minimum atomic E-state index is 0.990. The fraction of sp³-hybridized carbons (Fsp3) is 0.296. The number of anilines is 2. The van der Waals surface area contributed by atoms with Crippen LogP contribution in [0, 0.1) is 0 Å². The second-order valence-electron chi connectivity index (χ2n) is 7.26. The number of hydrogen-bond acceptors (Lipinski definition) is 2. The van der Waals surface area contributed by atoms with E-state index >= 15 is 0 Å². The van der Waals surface area contributed by atoms with Gasteiger partial charge in [-0.25, -0.2) is 0 Å². The lowest BCUT2D eigenvalue weighted by Crippen LogP contribution is -2.02. The molecule has 0 fully saturated rings. The van der Waals surface area contributed by atoms with Gasteiger partial charge in [0.05, 0.1) is 5.69 Å². The Morgan fingerprint density at radius 2 is 1.17 bits per heavy atom. The van der Waals surface area contributed by atoms with E-state index in [2.05, 4.69) is 93.7 Å². The quantitative estimate of drug-likeness (QED) is 0.401. The average molecular weight is 385 g/mol. The normalized spacial score (nSPS) is 11.2. The van der Waals surface area contributed by atoms with Crippen molar-refractivity contribution in [2.24, 2.45) is 4.99 Å². The first kappa shape index (κ1) is 20.9. The maximum Gasteiger partial charge on any atom is 0.0693 e. The molecule has 0 atom stereocenters. The van der Waals surface area contributed by atoms with E-state index in [4.69, 9.17) is 4.99 Å². The lowest BCUT2D eigenvalue weighted by Gasteiger charge is -2.17. The molecule has 0 amide bonds. The average Bonchev–Trinajstić information content (AvgIpc) is 2.78. The van der Waals surface area contributed by atoms with Crippen molar-refractivity contribution >= 4 is 23.3 Å². The molecule has 0 saturated heterocycles. The van der Waals surface area contributed by atoms with Gasteiger partial charge in [-0.15, -0.1) is 0 Å². The minimum Gasteiger partial charge on any atom is -0.355 e. The fourth-order valence-corrected chi connectivity index (χ4v) is 3.78. The molecule has 0 saturated carbocycles. The highest BCUT2D eigenvalue weighted by Gasteiger charge is 2.09. The van der Waals surface area contributed by atoms with Crippen LogP contribution in [0.15, 0.2) is 65.7 Å². The van der Waals surface area contributed by atoms with Crippen LogP contribution in [0.2, 0.25) is 0 Å². The molecule has 3 aromatic rings. The molecule has 0 spiro atoms. The van der Waals surface area contributed by atoms with Crippen molar-refractivity contribution in [1.82, 2.24) is 0 Å².